The number of hydrogen-bond donors (Lipinski definition) is 1. The molecule has 1 aromatic rings. The molecule has 6 nitrogen and oxygen atoms in total. The number of aromatic nitrogens is 2. The maximum atomic E-state index is 12.1. The van der Waals surface area contributed by atoms with Crippen molar-refractivity contribution >= 4 is 17.6 Å². The van der Waals surface area contributed by atoms with Crippen molar-refractivity contribution in [2.45, 2.75) is 45.1 Å². The summed E-state index contributed by atoms with van der Waals surface area (Å²) in [6.45, 7) is 2.31. The summed E-state index contributed by atoms with van der Waals surface area (Å²) in [5, 5.41) is 4.55. The van der Waals surface area contributed by atoms with Crippen molar-refractivity contribution in [2.24, 2.45) is 11.7 Å². The Balaban J connectivity index is 1.90. The van der Waals surface area contributed by atoms with E-state index >= 15 is 0 Å². The van der Waals surface area contributed by atoms with E-state index in [9.17, 15) is 9.59 Å². The van der Waals surface area contributed by atoms with Gasteiger partial charge in [-0.2, -0.15) is 5.10 Å². The largest absolute Gasteiger partial charge is 0.369 e. The summed E-state index contributed by atoms with van der Waals surface area (Å²) in [6, 6.07) is 2.30. The summed E-state index contributed by atoms with van der Waals surface area (Å²) in [4.78, 5) is 25.1. The maximum absolute atomic E-state index is 12.1. The Morgan fingerprint density at radius 1 is 1.40 bits per heavy atom. The van der Waals surface area contributed by atoms with E-state index in [4.69, 9.17) is 5.73 Å². The van der Waals surface area contributed by atoms with E-state index in [-0.39, 0.29) is 18.2 Å². The molecule has 0 bridgehead atoms. The molecule has 3 rings (SSSR count). The predicted molar refractivity (Wildman–Crippen MR) is 74.1 cm³/mol. The van der Waals surface area contributed by atoms with Gasteiger partial charge in [-0.3, -0.25) is 14.5 Å². The van der Waals surface area contributed by atoms with Crippen LogP contribution in [-0.4, -0.2) is 28.1 Å². The topological polar surface area (TPSA) is 81.2 Å². The van der Waals surface area contributed by atoms with Gasteiger partial charge in [0.05, 0.1) is 17.7 Å². The third-order valence-electron chi connectivity index (χ3n) is 4.31. The van der Waals surface area contributed by atoms with Gasteiger partial charge in [0.1, 0.15) is 5.82 Å². The molecule has 20 heavy (non-hydrogen) atoms. The number of aryl methyl sites for hydroxylation is 1. The van der Waals surface area contributed by atoms with Crippen LogP contribution >= 0.6 is 0 Å². The van der Waals surface area contributed by atoms with Gasteiger partial charge in [-0.05, 0) is 19.8 Å². The van der Waals surface area contributed by atoms with E-state index in [0.29, 0.717) is 12.6 Å². The molecule has 2 heterocycles. The Morgan fingerprint density at radius 2 is 2.10 bits per heavy atom. The molecule has 0 spiro atoms. The van der Waals surface area contributed by atoms with Gasteiger partial charge < -0.3 is 5.73 Å². The normalized spacial score (nSPS) is 23.8. The summed E-state index contributed by atoms with van der Waals surface area (Å²) in [7, 11) is 0. The smallest absolute Gasteiger partial charge is 0.229 e. The fourth-order valence-electron chi connectivity index (χ4n) is 3.24. The molecule has 1 atom stereocenters. The minimum Gasteiger partial charge on any atom is -0.369 e. The molecule has 2 N–H and O–H groups in total. The first kappa shape index (κ1) is 13.1. The van der Waals surface area contributed by atoms with Crippen LogP contribution in [0.5, 0.6) is 0 Å². The number of amides is 2. The molecule has 1 aliphatic heterocycles. The van der Waals surface area contributed by atoms with Crippen LogP contribution in [0.25, 0.3) is 0 Å². The molecule has 1 saturated heterocycles. The Morgan fingerprint density at radius 3 is 2.70 bits per heavy atom. The second-order valence-corrected chi connectivity index (χ2v) is 5.83. The second kappa shape index (κ2) is 4.92. The predicted octanol–water partition coefficient (Wildman–Crippen LogP) is 1.14. The Hall–Kier alpha value is -1.85. The molecule has 1 unspecified atom stereocenters. The molecule has 1 saturated carbocycles. The summed E-state index contributed by atoms with van der Waals surface area (Å²) in [6.07, 6.45) is 4.84. The molecule has 0 radical (unpaired) electrons. The average Bonchev–Trinajstić information content (AvgIpc) is 3.07. The Kier molecular flexibility index (Phi) is 3.23. The van der Waals surface area contributed by atoms with Gasteiger partial charge >= 0.3 is 0 Å². The van der Waals surface area contributed by atoms with E-state index in [1.807, 2.05) is 17.7 Å². The number of hydrogen-bond acceptors (Lipinski definition) is 3. The van der Waals surface area contributed by atoms with Gasteiger partial charge in [0, 0.05) is 19.0 Å². The van der Waals surface area contributed by atoms with Gasteiger partial charge in [-0.15, -0.1) is 0 Å². The van der Waals surface area contributed by atoms with E-state index in [2.05, 4.69) is 5.10 Å². The molecule has 6 heteroatoms. The van der Waals surface area contributed by atoms with Crippen LogP contribution in [0, 0.1) is 12.8 Å². The number of primary amides is 1. The number of carbonyl (C=O) groups excluding carboxylic acids is 2. The summed E-state index contributed by atoms with van der Waals surface area (Å²) in [5.41, 5.74) is 6.23. The lowest BCUT2D eigenvalue weighted by Crippen LogP contribution is -2.30. The van der Waals surface area contributed by atoms with Crippen molar-refractivity contribution in [3.05, 3.63) is 11.8 Å². The highest BCUT2D eigenvalue weighted by Crippen LogP contribution is 2.34. The van der Waals surface area contributed by atoms with Gasteiger partial charge in [-0.25, -0.2) is 4.68 Å². The third kappa shape index (κ3) is 2.19. The first-order valence-electron chi connectivity index (χ1n) is 7.22. The average molecular weight is 276 g/mol. The zero-order valence-electron chi connectivity index (χ0n) is 11.7. The summed E-state index contributed by atoms with van der Waals surface area (Å²) in [5.74, 6) is 0.00957. The SMILES string of the molecule is Cc1cc(N2CC(C(N)=O)CC2=O)n(C2CCCC2)n1. The van der Waals surface area contributed by atoms with Crippen molar-refractivity contribution in [2.75, 3.05) is 11.4 Å². The molecular weight excluding hydrogens is 256 g/mol. The first-order valence-corrected chi connectivity index (χ1v) is 7.22. The minimum atomic E-state index is -0.399. The van der Waals surface area contributed by atoms with Crippen molar-refractivity contribution in [1.29, 1.82) is 0 Å². The second-order valence-electron chi connectivity index (χ2n) is 5.83. The van der Waals surface area contributed by atoms with E-state index in [1.54, 1.807) is 4.90 Å². The van der Waals surface area contributed by atoms with E-state index < -0.39 is 5.91 Å². The Labute approximate surface area is 117 Å². The van der Waals surface area contributed by atoms with Crippen LogP contribution < -0.4 is 10.6 Å². The van der Waals surface area contributed by atoms with Crippen LogP contribution in [-0.2, 0) is 9.59 Å². The molecule has 0 aromatic carbocycles. The van der Waals surface area contributed by atoms with Crippen LogP contribution in [0.4, 0.5) is 5.82 Å². The lowest BCUT2D eigenvalue weighted by molar-refractivity contribution is -0.123. The number of carbonyl (C=O) groups is 2. The van der Waals surface area contributed by atoms with Gasteiger partial charge in [-0.1, -0.05) is 12.8 Å². The number of nitrogens with zero attached hydrogens (tertiary/aromatic N) is 3. The standard InChI is InChI=1S/C14H20N4O2/c1-9-6-12(18(16-9)11-4-2-3-5-11)17-8-10(14(15)20)7-13(17)19/h6,10-11H,2-5,7-8H2,1H3,(H2,15,20). The molecule has 2 fully saturated rings. The fourth-order valence-corrected chi connectivity index (χ4v) is 3.24. The zero-order chi connectivity index (χ0) is 14.3. The lowest BCUT2D eigenvalue weighted by Gasteiger charge is -2.21. The molecule has 1 aromatic heterocycles. The van der Waals surface area contributed by atoms with E-state index in [1.165, 1.54) is 12.8 Å². The maximum Gasteiger partial charge on any atom is 0.229 e. The van der Waals surface area contributed by atoms with Gasteiger partial charge in [0.25, 0.3) is 0 Å². The Bertz CT molecular complexity index is 545. The number of rotatable bonds is 3. The summed E-state index contributed by atoms with van der Waals surface area (Å²) < 4.78 is 1.98. The molecule has 1 aliphatic carbocycles. The number of nitrogens with two attached hydrogens (primary N) is 1. The fraction of sp³-hybridized carbons (Fsp3) is 0.643. The minimum absolute atomic E-state index is 0.0343. The highest BCUT2D eigenvalue weighted by atomic mass is 16.2. The zero-order valence-corrected chi connectivity index (χ0v) is 11.7. The van der Waals surface area contributed by atoms with Crippen molar-refractivity contribution in [3.8, 4) is 0 Å². The molecule has 2 aliphatic rings. The van der Waals surface area contributed by atoms with Crippen molar-refractivity contribution < 1.29 is 9.59 Å². The van der Waals surface area contributed by atoms with Crippen LogP contribution in [0.2, 0.25) is 0 Å². The van der Waals surface area contributed by atoms with Crippen molar-refractivity contribution in [1.82, 2.24) is 9.78 Å². The first-order chi connectivity index (χ1) is 9.56. The van der Waals surface area contributed by atoms with E-state index in [0.717, 1.165) is 24.4 Å². The molecule has 108 valence electrons. The summed E-state index contributed by atoms with van der Waals surface area (Å²) >= 11 is 0. The van der Waals surface area contributed by atoms with Crippen LogP contribution in [0.15, 0.2) is 6.07 Å². The van der Waals surface area contributed by atoms with Gasteiger partial charge in [0.15, 0.2) is 0 Å². The van der Waals surface area contributed by atoms with Crippen LogP contribution in [0.3, 0.4) is 0 Å². The number of anilines is 1. The quantitative estimate of drug-likeness (QED) is 0.899. The third-order valence-corrected chi connectivity index (χ3v) is 4.31. The lowest BCUT2D eigenvalue weighted by atomic mass is 10.1. The molecule has 2 amide bonds. The molecular formula is C14H20N4O2. The monoisotopic (exact) mass is 276 g/mol. The van der Waals surface area contributed by atoms with Crippen LogP contribution in [0.1, 0.15) is 43.8 Å². The highest BCUT2D eigenvalue weighted by Gasteiger charge is 2.36. The van der Waals surface area contributed by atoms with Gasteiger partial charge in [0.2, 0.25) is 11.8 Å². The van der Waals surface area contributed by atoms with Crippen molar-refractivity contribution in [3.63, 3.8) is 0 Å². The highest BCUT2D eigenvalue weighted by molar-refractivity contribution is 5.99.